The van der Waals surface area contributed by atoms with E-state index in [4.69, 9.17) is 0 Å². The summed E-state index contributed by atoms with van der Waals surface area (Å²) in [7, 11) is 0. The molecule has 0 spiro atoms. The Morgan fingerprint density at radius 3 is 1.22 bits per heavy atom. The van der Waals surface area contributed by atoms with Gasteiger partial charge in [0.05, 0.1) is 0 Å². The van der Waals surface area contributed by atoms with Crippen molar-refractivity contribution in [2.45, 2.75) is 35.9 Å². The number of halogens is 16. The molecular formula is C9F16N2. The van der Waals surface area contributed by atoms with Crippen molar-refractivity contribution in [3.63, 3.8) is 0 Å². The fourth-order valence-corrected chi connectivity index (χ4v) is 1.64. The Morgan fingerprint density at radius 2 is 0.963 bits per heavy atom. The minimum atomic E-state index is -8.28. The summed E-state index contributed by atoms with van der Waals surface area (Å²) >= 11 is 0. The van der Waals surface area contributed by atoms with Gasteiger partial charge in [0.2, 0.25) is 0 Å². The number of hydrogen-bond donors (Lipinski definition) is 0. The number of rotatable bonds is 4. The van der Waals surface area contributed by atoms with Gasteiger partial charge in [-0.2, -0.15) is 70.8 Å². The summed E-state index contributed by atoms with van der Waals surface area (Å²) in [6, 6.07) is 0. The van der Waals surface area contributed by atoms with Crippen molar-refractivity contribution in [2.24, 2.45) is 0 Å². The Hall–Kier alpha value is -1.91. The van der Waals surface area contributed by atoms with Crippen molar-refractivity contribution in [3.8, 4) is 0 Å². The number of hydrogen-bond acceptors (Lipinski definition) is 1. The van der Waals surface area contributed by atoms with Crippen molar-refractivity contribution < 1.29 is 70.2 Å². The van der Waals surface area contributed by atoms with Gasteiger partial charge in [-0.25, -0.2) is 8.96 Å². The molecule has 0 aliphatic heterocycles. The highest BCUT2D eigenvalue weighted by molar-refractivity contribution is 5.12. The number of nitrogens with zero attached hydrogens (tertiary/aromatic N) is 2. The Balaban J connectivity index is 3.95. The molecule has 18 heteroatoms. The lowest BCUT2D eigenvalue weighted by molar-refractivity contribution is -0.448. The summed E-state index contributed by atoms with van der Waals surface area (Å²) in [6.45, 7) is 0. The minimum Gasteiger partial charge on any atom is -0.226 e. The van der Waals surface area contributed by atoms with Crippen molar-refractivity contribution >= 4 is 0 Å². The van der Waals surface area contributed by atoms with Crippen LogP contribution in [0, 0.1) is 18.0 Å². The molecule has 1 rings (SSSR count). The van der Waals surface area contributed by atoms with Crippen LogP contribution in [0.15, 0.2) is 0 Å². The van der Waals surface area contributed by atoms with Gasteiger partial charge >= 0.3 is 35.9 Å². The molecule has 0 saturated carbocycles. The molecule has 27 heavy (non-hydrogen) atoms. The topological polar surface area (TPSA) is 17.8 Å². The van der Waals surface area contributed by atoms with Crippen LogP contribution in [-0.2, 0) is 5.79 Å². The van der Waals surface area contributed by atoms with Crippen LogP contribution < -0.4 is 0 Å². The lowest BCUT2D eigenvalue weighted by atomic mass is 9.94. The van der Waals surface area contributed by atoms with E-state index < -0.39 is 58.5 Å². The second kappa shape index (κ2) is 5.79. The zero-order valence-corrected chi connectivity index (χ0v) is 11.4. The Morgan fingerprint density at radius 1 is 0.556 bits per heavy atom. The summed E-state index contributed by atoms with van der Waals surface area (Å²) in [5, 5.41) is 0. The second-order valence-corrected chi connectivity index (χ2v) is 4.64. The third-order valence-corrected chi connectivity index (χ3v) is 2.99. The van der Waals surface area contributed by atoms with Crippen molar-refractivity contribution in [2.75, 3.05) is 0 Å². The van der Waals surface area contributed by atoms with E-state index in [1.165, 1.54) is 4.98 Å². The first-order valence-corrected chi connectivity index (χ1v) is 5.64. The number of imidazole rings is 1. The van der Waals surface area contributed by atoms with E-state index >= 15 is 0 Å². The van der Waals surface area contributed by atoms with Crippen molar-refractivity contribution in [1.29, 1.82) is 0 Å². The molecule has 1 unspecified atom stereocenters. The highest BCUT2D eigenvalue weighted by Crippen LogP contribution is 2.62. The maximum Gasteiger partial charge on any atom is 0.460 e. The van der Waals surface area contributed by atoms with E-state index in [0.29, 0.717) is 0 Å². The van der Waals surface area contributed by atoms with E-state index in [9.17, 15) is 70.2 Å². The van der Waals surface area contributed by atoms with E-state index in [1.807, 2.05) is 0 Å². The molecule has 1 aromatic heterocycles. The Kier molecular flexibility index (Phi) is 4.96. The van der Waals surface area contributed by atoms with Crippen LogP contribution in [0.2, 0.25) is 0 Å². The summed E-state index contributed by atoms with van der Waals surface area (Å²) in [4.78, 5) is 1.42. The highest BCUT2D eigenvalue weighted by atomic mass is 19.4. The molecule has 0 saturated heterocycles. The predicted octanol–water partition coefficient (Wildman–Crippen LogP) is 4.95. The molecule has 1 atom stereocenters. The first-order valence-electron chi connectivity index (χ1n) is 5.64. The van der Waals surface area contributed by atoms with Gasteiger partial charge in [0, 0.05) is 0 Å². The van der Waals surface area contributed by atoms with Crippen LogP contribution in [0.4, 0.5) is 70.2 Å². The summed E-state index contributed by atoms with van der Waals surface area (Å²) in [6.07, 6.45) is -18.9. The SMILES string of the molecule is Fc1nc(F)n(C(F)(C(F)(F)F)C(F)(F)C(F)(F)C(F)(F)C(F)(F)F)c1F. The van der Waals surface area contributed by atoms with Gasteiger partial charge in [0.25, 0.3) is 18.0 Å². The van der Waals surface area contributed by atoms with Gasteiger partial charge in [-0.05, 0) is 0 Å². The fraction of sp³-hybridized carbons (Fsp3) is 0.667. The average Bonchev–Trinajstić information content (AvgIpc) is 2.68. The molecule has 0 fully saturated rings. The van der Waals surface area contributed by atoms with Gasteiger partial charge < -0.3 is 0 Å². The van der Waals surface area contributed by atoms with Gasteiger partial charge in [0.15, 0.2) is 0 Å². The van der Waals surface area contributed by atoms with E-state index in [2.05, 4.69) is 0 Å². The van der Waals surface area contributed by atoms with Crippen LogP contribution in [0.3, 0.4) is 0 Å². The number of aromatic nitrogens is 2. The van der Waals surface area contributed by atoms with Gasteiger partial charge in [-0.3, -0.25) is 0 Å². The van der Waals surface area contributed by atoms with E-state index in [1.54, 1.807) is 0 Å². The molecule has 0 aliphatic carbocycles. The number of alkyl halides is 13. The average molecular weight is 440 g/mol. The summed E-state index contributed by atoms with van der Waals surface area (Å²) in [5.74, 6) is -39.0. The van der Waals surface area contributed by atoms with Crippen LogP contribution in [0.1, 0.15) is 0 Å². The minimum absolute atomic E-state index is 1.42. The molecule has 0 bridgehead atoms. The largest absolute Gasteiger partial charge is 0.460 e. The molecule has 0 N–H and O–H groups in total. The molecule has 0 radical (unpaired) electrons. The Bertz CT molecular complexity index is 711. The zero-order chi connectivity index (χ0) is 22.0. The summed E-state index contributed by atoms with van der Waals surface area (Å²) in [5.41, 5.74) is 0. The molecule has 0 aliphatic rings. The van der Waals surface area contributed by atoms with Gasteiger partial charge in [0.1, 0.15) is 0 Å². The molecular weight excluding hydrogens is 440 g/mol. The molecule has 1 aromatic rings. The lowest BCUT2D eigenvalue weighted by Gasteiger charge is -2.41. The third-order valence-electron chi connectivity index (χ3n) is 2.99. The quantitative estimate of drug-likeness (QED) is 0.606. The maximum absolute atomic E-state index is 14.0. The second-order valence-electron chi connectivity index (χ2n) is 4.64. The van der Waals surface area contributed by atoms with Gasteiger partial charge in [-0.15, -0.1) is 0 Å². The predicted molar refractivity (Wildman–Crippen MR) is 48.1 cm³/mol. The highest BCUT2D eigenvalue weighted by Gasteiger charge is 2.91. The first-order chi connectivity index (χ1) is 11.6. The smallest absolute Gasteiger partial charge is 0.226 e. The molecule has 2 nitrogen and oxygen atoms in total. The Labute approximate surface area is 135 Å². The standard InChI is InChI=1S/C9F16N2/c10-1-2(11)27(3(12)26-1)7(19,9(23,24)25)5(15,16)4(13,14)6(17,18)8(20,21)22. The van der Waals surface area contributed by atoms with Crippen LogP contribution in [0.5, 0.6) is 0 Å². The molecule has 0 amide bonds. The normalized spacial score (nSPS) is 17.2. The van der Waals surface area contributed by atoms with Crippen LogP contribution in [0.25, 0.3) is 0 Å². The van der Waals surface area contributed by atoms with Crippen molar-refractivity contribution in [3.05, 3.63) is 18.0 Å². The summed E-state index contributed by atoms with van der Waals surface area (Å²) < 4.78 is 202. The monoisotopic (exact) mass is 440 g/mol. The van der Waals surface area contributed by atoms with E-state index in [-0.39, 0.29) is 0 Å². The molecule has 1 heterocycles. The lowest BCUT2D eigenvalue weighted by Crippen LogP contribution is -2.71. The first kappa shape index (κ1) is 23.1. The molecule has 158 valence electrons. The van der Waals surface area contributed by atoms with Crippen molar-refractivity contribution in [1.82, 2.24) is 9.55 Å². The fourth-order valence-electron chi connectivity index (χ4n) is 1.64. The van der Waals surface area contributed by atoms with E-state index in [0.717, 1.165) is 0 Å². The van der Waals surface area contributed by atoms with Gasteiger partial charge in [-0.1, -0.05) is 0 Å². The molecule has 0 aromatic carbocycles. The van der Waals surface area contributed by atoms with Crippen LogP contribution >= 0.6 is 0 Å². The zero-order valence-electron chi connectivity index (χ0n) is 11.4. The third kappa shape index (κ3) is 2.77. The van der Waals surface area contributed by atoms with Crippen LogP contribution in [-0.4, -0.2) is 39.7 Å². The maximum atomic E-state index is 14.0.